The molecule has 0 aromatic heterocycles. The Labute approximate surface area is 272 Å². The van der Waals surface area contributed by atoms with E-state index in [1.165, 1.54) is 0 Å². The lowest BCUT2D eigenvalue weighted by Gasteiger charge is -2.29. The molecule has 45 heavy (non-hydrogen) atoms. The fourth-order valence-corrected chi connectivity index (χ4v) is 5.54. The molecule has 3 amide bonds. The molecule has 2 N–H and O–H groups in total. The molecule has 2 fully saturated rings. The van der Waals surface area contributed by atoms with Gasteiger partial charge in [0.1, 0.15) is 16.8 Å². The number of rotatable bonds is 2. The summed E-state index contributed by atoms with van der Waals surface area (Å²) in [6.07, 6.45) is -2.02. The van der Waals surface area contributed by atoms with Crippen LogP contribution in [0.3, 0.4) is 0 Å². The first-order valence-corrected chi connectivity index (χ1v) is 16.3. The lowest BCUT2D eigenvalue weighted by Crippen LogP contribution is -2.48. The summed E-state index contributed by atoms with van der Waals surface area (Å²) in [6, 6.07) is 0. The lowest BCUT2D eigenvalue weighted by atomic mass is 10.1. The summed E-state index contributed by atoms with van der Waals surface area (Å²) in [7, 11) is -4.01. The summed E-state index contributed by atoms with van der Waals surface area (Å²) in [5.41, 5.74) is -3.99. The molecular formula is C28H57N3O12S2. The molecule has 2 heterocycles. The molecule has 2 rings (SSSR count). The van der Waals surface area contributed by atoms with E-state index in [9.17, 15) is 27.0 Å². The molecule has 2 saturated heterocycles. The van der Waals surface area contributed by atoms with Crippen LogP contribution in [0.25, 0.3) is 0 Å². The van der Waals surface area contributed by atoms with Crippen molar-refractivity contribution in [3.8, 4) is 0 Å². The number of hydrogen-bond donors (Lipinski definition) is 2. The first-order chi connectivity index (χ1) is 19.3. The van der Waals surface area contributed by atoms with Gasteiger partial charge in [-0.2, -0.15) is 17.0 Å². The SMILES string of the molecule is C.CC(C)(C)OC(=O)N1C(C)(C)COS1(=O)=O.CC(C)(C)OC(=O)N1S(=O)OCC1(C)C.CC(C)(CO)NC(=O)OC(C)(C)C. The van der Waals surface area contributed by atoms with Gasteiger partial charge in [0.2, 0.25) is 0 Å². The van der Waals surface area contributed by atoms with E-state index in [0.29, 0.717) is 4.31 Å². The molecule has 0 aromatic rings. The van der Waals surface area contributed by atoms with Gasteiger partial charge in [0.15, 0.2) is 0 Å². The van der Waals surface area contributed by atoms with Crippen LogP contribution in [0.2, 0.25) is 0 Å². The van der Waals surface area contributed by atoms with Crippen LogP contribution < -0.4 is 5.32 Å². The summed E-state index contributed by atoms with van der Waals surface area (Å²) in [5.74, 6) is 0. The standard InChI is InChI=1S/C9H17NO5S.C9H17NO4S.C9H19NO3.CH4/c1-8(2,3)15-7(11)10-9(4,5)6-14-16(10,12)13;1-8(2,3)14-7(11)10-9(4,5)6-13-15(10)12;1-8(2,3)13-7(12)10-9(4,5)6-11;/h6H2,1-5H3;6H2,1-5H3;11H,6H2,1-5H3,(H,10,12);1H4. The Balaban J connectivity index is 0. The van der Waals surface area contributed by atoms with Crippen LogP contribution in [0.1, 0.15) is 111 Å². The highest BCUT2D eigenvalue weighted by Crippen LogP contribution is 2.30. The van der Waals surface area contributed by atoms with Gasteiger partial charge in [0.25, 0.3) is 11.3 Å². The molecular weight excluding hydrogens is 634 g/mol. The molecule has 15 nitrogen and oxygen atoms in total. The monoisotopic (exact) mass is 691 g/mol. The van der Waals surface area contributed by atoms with Crippen molar-refractivity contribution in [1.29, 1.82) is 0 Å². The Bertz CT molecular complexity index is 1150. The van der Waals surface area contributed by atoms with Crippen LogP contribution in [0.15, 0.2) is 0 Å². The lowest BCUT2D eigenvalue weighted by molar-refractivity contribution is 0.0280. The minimum Gasteiger partial charge on any atom is -0.444 e. The molecule has 0 aromatic carbocycles. The summed E-state index contributed by atoms with van der Waals surface area (Å²) < 4.78 is 60.9. The number of nitrogens with one attached hydrogen (secondary N) is 1. The molecule has 0 aliphatic carbocycles. The highest BCUT2D eigenvalue weighted by atomic mass is 32.2. The average Bonchev–Trinajstić information content (AvgIpc) is 3.13. The van der Waals surface area contributed by atoms with Crippen molar-refractivity contribution in [2.45, 2.75) is 145 Å². The van der Waals surface area contributed by atoms with Crippen molar-refractivity contribution < 1.29 is 54.7 Å². The van der Waals surface area contributed by atoms with Crippen LogP contribution in [0.5, 0.6) is 0 Å². The topological polar surface area (TPSA) is 187 Å². The minimum absolute atomic E-state index is 0. The number of amides is 3. The van der Waals surface area contributed by atoms with E-state index in [1.807, 2.05) is 0 Å². The zero-order chi connectivity index (χ0) is 35.3. The minimum atomic E-state index is -4.01. The normalized spacial score (nSPS) is 20.3. The van der Waals surface area contributed by atoms with Crippen molar-refractivity contribution in [2.75, 3.05) is 19.8 Å². The number of carbonyl (C=O) groups is 3. The summed E-state index contributed by atoms with van der Waals surface area (Å²) in [6.45, 7) is 25.9. The second-order valence-electron chi connectivity index (χ2n) is 15.0. The van der Waals surface area contributed by atoms with E-state index >= 15 is 0 Å². The van der Waals surface area contributed by atoms with Gasteiger partial charge in [-0.25, -0.2) is 18.6 Å². The summed E-state index contributed by atoms with van der Waals surface area (Å²) in [4.78, 5) is 34.6. The third kappa shape index (κ3) is 16.3. The molecule has 268 valence electrons. The zero-order valence-corrected chi connectivity index (χ0v) is 30.4. The molecule has 0 spiro atoms. The molecule has 2 aliphatic rings. The molecule has 17 heteroatoms. The summed E-state index contributed by atoms with van der Waals surface area (Å²) in [5, 5.41) is 11.4. The van der Waals surface area contributed by atoms with Gasteiger partial charge in [0.05, 0.1) is 36.4 Å². The van der Waals surface area contributed by atoms with Crippen LogP contribution in [-0.2, 0) is 44.1 Å². The first kappa shape index (κ1) is 44.9. The Morgan fingerprint density at radius 1 is 0.800 bits per heavy atom. The van der Waals surface area contributed by atoms with E-state index in [4.69, 9.17) is 23.5 Å². The number of hydrogen-bond acceptors (Lipinski definition) is 12. The number of alkyl carbamates (subject to hydrolysis) is 1. The third-order valence-electron chi connectivity index (χ3n) is 4.90. The van der Waals surface area contributed by atoms with Gasteiger partial charge < -0.3 is 24.6 Å². The van der Waals surface area contributed by atoms with Crippen LogP contribution in [0.4, 0.5) is 14.4 Å². The Kier molecular flexibility index (Phi) is 15.6. The first-order valence-electron chi connectivity index (χ1n) is 13.9. The Hall–Kier alpha value is -2.21. The molecule has 0 bridgehead atoms. The van der Waals surface area contributed by atoms with Gasteiger partial charge >= 0.3 is 28.6 Å². The number of aliphatic hydroxyl groups is 1. The van der Waals surface area contributed by atoms with Crippen molar-refractivity contribution in [2.24, 2.45) is 0 Å². The zero-order valence-electron chi connectivity index (χ0n) is 28.8. The van der Waals surface area contributed by atoms with E-state index < -0.39 is 73.3 Å². The van der Waals surface area contributed by atoms with Crippen molar-refractivity contribution in [3.63, 3.8) is 0 Å². The van der Waals surface area contributed by atoms with Crippen molar-refractivity contribution >= 4 is 39.9 Å². The van der Waals surface area contributed by atoms with Gasteiger partial charge in [-0.05, 0) is 104 Å². The average molecular weight is 692 g/mol. The molecule has 1 atom stereocenters. The van der Waals surface area contributed by atoms with E-state index in [-0.39, 0.29) is 27.2 Å². The van der Waals surface area contributed by atoms with Crippen LogP contribution >= 0.6 is 0 Å². The molecule has 2 aliphatic heterocycles. The maximum atomic E-state index is 11.7. The number of carbonyl (C=O) groups excluding carboxylic acids is 3. The maximum absolute atomic E-state index is 11.7. The quantitative estimate of drug-likeness (QED) is 0.377. The third-order valence-corrected chi connectivity index (χ3v) is 7.67. The van der Waals surface area contributed by atoms with Crippen molar-refractivity contribution in [1.82, 2.24) is 13.9 Å². The number of nitrogens with zero attached hydrogens (tertiary/aromatic N) is 2. The van der Waals surface area contributed by atoms with E-state index in [0.717, 1.165) is 4.31 Å². The van der Waals surface area contributed by atoms with Crippen LogP contribution in [-0.4, -0.2) is 97.9 Å². The van der Waals surface area contributed by atoms with E-state index in [1.54, 1.807) is 104 Å². The van der Waals surface area contributed by atoms with Crippen molar-refractivity contribution in [3.05, 3.63) is 0 Å². The Morgan fingerprint density at radius 2 is 1.22 bits per heavy atom. The number of aliphatic hydroxyl groups excluding tert-OH is 1. The molecule has 0 radical (unpaired) electrons. The fraction of sp³-hybridized carbons (Fsp3) is 0.893. The van der Waals surface area contributed by atoms with E-state index in [2.05, 4.69) is 9.50 Å². The van der Waals surface area contributed by atoms with Gasteiger partial charge in [-0.3, -0.25) is 8.37 Å². The highest BCUT2D eigenvalue weighted by molar-refractivity contribution is 7.85. The molecule has 0 saturated carbocycles. The van der Waals surface area contributed by atoms with Gasteiger partial charge in [-0.15, -0.1) is 0 Å². The smallest absolute Gasteiger partial charge is 0.426 e. The molecule has 1 unspecified atom stereocenters. The van der Waals surface area contributed by atoms with Crippen LogP contribution in [0, 0.1) is 0 Å². The fourth-order valence-electron chi connectivity index (χ4n) is 3.01. The van der Waals surface area contributed by atoms with Gasteiger partial charge in [-0.1, -0.05) is 7.43 Å². The maximum Gasteiger partial charge on any atom is 0.426 e. The second kappa shape index (κ2) is 15.6. The largest absolute Gasteiger partial charge is 0.444 e. The Morgan fingerprint density at radius 3 is 1.53 bits per heavy atom. The predicted molar refractivity (Wildman–Crippen MR) is 171 cm³/mol. The second-order valence-corrected chi connectivity index (χ2v) is 17.5. The highest BCUT2D eigenvalue weighted by Gasteiger charge is 2.50. The van der Waals surface area contributed by atoms with Gasteiger partial charge in [0, 0.05) is 0 Å². The predicted octanol–water partition coefficient (Wildman–Crippen LogP) is 4.81. The number of ether oxygens (including phenoxy) is 3. The summed E-state index contributed by atoms with van der Waals surface area (Å²) >= 11 is -1.74.